The van der Waals surface area contributed by atoms with Crippen molar-refractivity contribution >= 4 is 12.6 Å². The van der Waals surface area contributed by atoms with Crippen LogP contribution >= 0.6 is 0 Å². The summed E-state index contributed by atoms with van der Waals surface area (Å²) in [5.41, 5.74) is 0.990. The molecular formula is C15H16BFO3. The second-order valence-corrected chi connectivity index (χ2v) is 4.68. The van der Waals surface area contributed by atoms with Gasteiger partial charge in [0, 0.05) is 17.4 Å². The summed E-state index contributed by atoms with van der Waals surface area (Å²) >= 11 is 0. The van der Waals surface area contributed by atoms with Crippen LogP contribution in [-0.2, 0) is 0 Å². The molecule has 0 bridgehead atoms. The Kier molecular flexibility index (Phi) is 4.77. The van der Waals surface area contributed by atoms with E-state index in [0.29, 0.717) is 12.4 Å². The highest BCUT2D eigenvalue weighted by molar-refractivity contribution is 6.58. The highest BCUT2D eigenvalue weighted by atomic mass is 19.1. The van der Waals surface area contributed by atoms with Gasteiger partial charge in [-0.1, -0.05) is 43.3 Å². The van der Waals surface area contributed by atoms with Crippen molar-refractivity contribution < 1.29 is 19.2 Å². The molecule has 1 atom stereocenters. The van der Waals surface area contributed by atoms with E-state index in [-0.39, 0.29) is 11.4 Å². The summed E-state index contributed by atoms with van der Waals surface area (Å²) in [6, 6.07) is 13.9. The van der Waals surface area contributed by atoms with Crippen LogP contribution in [0, 0.1) is 5.82 Å². The maximum atomic E-state index is 13.5. The molecular weight excluding hydrogens is 258 g/mol. The molecule has 0 radical (unpaired) electrons. The van der Waals surface area contributed by atoms with Gasteiger partial charge in [0.2, 0.25) is 0 Å². The van der Waals surface area contributed by atoms with Crippen LogP contribution in [0.5, 0.6) is 5.75 Å². The average Bonchev–Trinajstić information content (AvgIpc) is 2.45. The Bertz CT molecular complexity index is 560. The standard InChI is InChI=1S/C15H16BFO3/c1-11(12-5-3-2-4-6-12)10-20-13-7-8-14(16(18)19)15(17)9-13/h2-9,11,18-19H,10H2,1H3/t11-/m0/s1. The normalized spacial score (nSPS) is 12.0. The van der Waals surface area contributed by atoms with Crippen LogP contribution < -0.4 is 10.2 Å². The van der Waals surface area contributed by atoms with E-state index in [1.165, 1.54) is 12.1 Å². The third-order valence-electron chi connectivity index (χ3n) is 3.12. The quantitative estimate of drug-likeness (QED) is 0.816. The second kappa shape index (κ2) is 6.54. The minimum absolute atomic E-state index is 0.159. The molecule has 5 heteroatoms. The van der Waals surface area contributed by atoms with Crippen LogP contribution in [0.15, 0.2) is 48.5 Å². The van der Waals surface area contributed by atoms with Crippen molar-refractivity contribution in [2.24, 2.45) is 0 Å². The van der Waals surface area contributed by atoms with Gasteiger partial charge in [0.15, 0.2) is 0 Å². The highest BCUT2D eigenvalue weighted by Crippen LogP contribution is 2.18. The van der Waals surface area contributed by atoms with Gasteiger partial charge in [-0.25, -0.2) is 4.39 Å². The topological polar surface area (TPSA) is 49.7 Å². The van der Waals surface area contributed by atoms with Gasteiger partial charge in [-0.05, 0) is 11.6 Å². The molecule has 0 heterocycles. The molecule has 0 fully saturated rings. The zero-order valence-electron chi connectivity index (χ0n) is 11.2. The molecule has 0 aliphatic rings. The van der Waals surface area contributed by atoms with E-state index in [1.54, 1.807) is 0 Å². The summed E-state index contributed by atoms with van der Waals surface area (Å²) in [6.45, 7) is 2.45. The average molecular weight is 274 g/mol. The molecule has 104 valence electrons. The van der Waals surface area contributed by atoms with Gasteiger partial charge in [0.1, 0.15) is 11.6 Å². The molecule has 0 saturated carbocycles. The van der Waals surface area contributed by atoms with Gasteiger partial charge in [0.05, 0.1) is 6.61 Å². The Morgan fingerprint density at radius 3 is 2.45 bits per heavy atom. The van der Waals surface area contributed by atoms with E-state index in [2.05, 4.69) is 0 Å². The lowest BCUT2D eigenvalue weighted by atomic mass is 9.80. The van der Waals surface area contributed by atoms with E-state index < -0.39 is 12.9 Å². The van der Waals surface area contributed by atoms with Crippen molar-refractivity contribution in [2.45, 2.75) is 12.8 Å². The first-order valence-electron chi connectivity index (χ1n) is 6.41. The largest absolute Gasteiger partial charge is 0.493 e. The summed E-state index contributed by atoms with van der Waals surface area (Å²) in [5, 5.41) is 17.9. The molecule has 0 aliphatic carbocycles. The minimum atomic E-state index is -1.81. The third kappa shape index (κ3) is 3.59. The van der Waals surface area contributed by atoms with Crippen molar-refractivity contribution in [3.05, 3.63) is 59.9 Å². The second-order valence-electron chi connectivity index (χ2n) is 4.68. The maximum Gasteiger partial charge on any atom is 0.491 e. The van der Waals surface area contributed by atoms with Crippen LogP contribution in [0.25, 0.3) is 0 Å². The van der Waals surface area contributed by atoms with Crippen LogP contribution in [0.2, 0.25) is 0 Å². The lowest BCUT2D eigenvalue weighted by molar-refractivity contribution is 0.294. The monoisotopic (exact) mass is 274 g/mol. The molecule has 0 unspecified atom stereocenters. The SMILES string of the molecule is C[C@@H](COc1ccc(B(O)O)c(F)c1)c1ccccc1. The molecule has 0 spiro atoms. The van der Waals surface area contributed by atoms with E-state index in [9.17, 15) is 4.39 Å². The molecule has 0 aromatic heterocycles. The van der Waals surface area contributed by atoms with Crippen molar-refractivity contribution in [1.82, 2.24) is 0 Å². The number of rotatable bonds is 5. The lowest BCUT2D eigenvalue weighted by Gasteiger charge is -2.14. The van der Waals surface area contributed by atoms with E-state index in [1.807, 2.05) is 37.3 Å². The predicted octanol–water partition coefficient (Wildman–Crippen LogP) is 1.69. The van der Waals surface area contributed by atoms with E-state index in [4.69, 9.17) is 14.8 Å². The van der Waals surface area contributed by atoms with Crippen LogP contribution in [0.4, 0.5) is 4.39 Å². The smallest absolute Gasteiger partial charge is 0.491 e. The summed E-state index contributed by atoms with van der Waals surface area (Å²) in [4.78, 5) is 0. The number of ether oxygens (including phenoxy) is 1. The van der Waals surface area contributed by atoms with Crippen LogP contribution in [0.3, 0.4) is 0 Å². The maximum absolute atomic E-state index is 13.5. The number of hydrogen-bond acceptors (Lipinski definition) is 3. The van der Waals surface area contributed by atoms with Gasteiger partial charge >= 0.3 is 7.12 Å². The van der Waals surface area contributed by atoms with Gasteiger partial charge in [-0.3, -0.25) is 0 Å². The Hall–Kier alpha value is -1.85. The van der Waals surface area contributed by atoms with Crippen molar-refractivity contribution in [1.29, 1.82) is 0 Å². The first-order valence-corrected chi connectivity index (χ1v) is 6.41. The molecule has 0 saturated heterocycles. The summed E-state index contributed by atoms with van der Waals surface area (Å²) in [6.07, 6.45) is 0. The number of hydrogen-bond donors (Lipinski definition) is 2. The molecule has 2 N–H and O–H groups in total. The first kappa shape index (κ1) is 14.6. The fourth-order valence-electron chi connectivity index (χ4n) is 1.91. The van der Waals surface area contributed by atoms with Gasteiger partial charge in [-0.15, -0.1) is 0 Å². The van der Waals surface area contributed by atoms with Gasteiger partial charge in [0.25, 0.3) is 0 Å². The summed E-state index contributed by atoms with van der Waals surface area (Å²) in [7, 11) is -1.81. The predicted molar refractivity (Wildman–Crippen MR) is 76.6 cm³/mol. The van der Waals surface area contributed by atoms with E-state index >= 15 is 0 Å². The fraction of sp³-hybridized carbons (Fsp3) is 0.200. The van der Waals surface area contributed by atoms with Crippen molar-refractivity contribution in [3.8, 4) is 5.75 Å². The Labute approximate surface area is 117 Å². The summed E-state index contributed by atoms with van der Waals surface area (Å²) in [5.74, 6) is -0.137. The van der Waals surface area contributed by atoms with Crippen LogP contribution in [-0.4, -0.2) is 23.8 Å². The van der Waals surface area contributed by atoms with E-state index in [0.717, 1.165) is 11.6 Å². The molecule has 0 amide bonds. The first-order chi connectivity index (χ1) is 9.58. The number of benzene rings is 2. The van der Waals surface area contributed by atoms with Crippen molar-refractivity contribution in [2.75, 3.05) is 6.61 Å². The Balaban J connectivity index is 1.99. The zero-order valence-corrected chi connectivity index (χ0v) is 11.2. The molecule has 2 aromatic carbocycles. The molecule has 3 nitrogen and oxygen atoms in total. The Morgan fingerprint density at radius 2 is 1.85 bits per heavy atom. The highest BCUT2D eigenvalue weighted by Gasteiger charge is 2.17. The molecule has 2 rings (SSSR count). The zero-order chi connectivity index (χ0) is 14.5. The molecule has 20 heavy (non-hydrogen) atoms. The van der Waals surface area contributed by atoms with Crippen molar-refractivity contribution in [3.63, 3.8) is 0 Å². The summed E-state index contributed by atoms with van der Waals surface area (Å²) < 4.78 is 19.1. The fourth-order valence-corrected chi connectivity index (χ4v) is 1.91. The lowest BCUT2D eigenvalue weighted by Crippen LogP contribution is -2.32. The van der Waals surface area contributed by atoms with Gasteiger partial charge < -0.3 is 14.8 Å². The third-order valence-corrected chi connectivity index (χ3v) is 3.12. The molecule has 0 aliphatic heterocycles. The number of halogens is 1. The minimum Gasteiger partial charge on any atom is -0.493 e. The Morgan fingerprint density at radius 1 is 1.15 bits per heavy atom. The molecule has 2 aromatic rings. The van der Waals surface area contributed by atoms with Gasteiger partial charge in [-0.2, -0.15) is 0 Å². The van der Waals surface area contributed by atoms with Crippen LogP contribution in [0.1, 0.15) is 18.4 Å².